The van der Waals surface area contributed by atoms with E-state index in [0.29, 0.717) is 18.3 Å². The Balaban J connectivity index is 2.01. The van der Waals surface area contributed by atoms with Gasteiger partial charge in [-0.2, -0.15) is 0 Å². The third-order valence-electron chi connectivity index (χ3n) is 3.53. The van der Waals surface area contributed by atoms with Crippen LogP contribution in [0, 0.1) is 20.8 Å². The van der Waals surface area contributed by atoms with Crippen LogP contribution in [0.4, 0.5) is 5.13 Å². The molecule has 1 aromatic carbocycles. The molecule has 0 spiro atoms. The van der Waals surface area contributed by atoms with Crippen LogP contribution in [0.15, 0.2) is 17.5 Å². The summed E-state index contributed by atoms with van der Waals surface area (Å²) >= 11 is 1.41. The summed E-state index contributed by atoms with van der Waals surface area (Å²) in [7, 11) is 1.59. The number of nitrogens with zero attached hydrogens (tertiary/aromatic N) is 1. The van der Waals surface area contributed by atoms with Crippen LogP contribution >= 0.6 is 11.3 Å². The summed E-state index contributed by atoms with van der Waals surface area (Å²) in [5, 5.41) is 5.30. The Kier molecular flexibility index (Phi) is 6.27. The summed E-state index contributed by atoms with van der Waals surface area (Å²) in [6, 6.07) is 4.30. The molecule has 0 bridgehead atoms. The zero-order chi connectivity index (χ0) is 16.8. The normalized spacial score (nSPS) is 10.8. The summed E-state index contributed by atoms with van der Waals surface area (Å²) < 4.78 is 10.0. The van der Waals surface area contributed by atoms with Crippen molar-refractivity contribution in [3.63, 3.8) is 0 Å². The second-order valence-corrected chi connectivity index (χ2v) is 6.24. The third kappa shape index (κ3) is 4.86. The Morgan fingerprint density at radius 2 is 1.91 bits per heavy atom. The van der Waals surface area contributed by atoms with Gasteiger partial charge in [-0.05, 0) is 43.5 Å². The number of nitrogens with one attached hydrogen (secondary N) is 1. The number of thiazole rings is 1. The Bertz CT molecular complexity index is 682. The van der Waals surface area contributed by atoms with Crippen LogP contribution in [0.25, 0.3) is 11.3 Å². The maximum atomic E-state index is 11.8. The molecule has 5 nitrogen and oxygen atoms in total. The van der Waals surface area contributed by atoms with E-state index in [4.69, 9.17) is 9.47 Å². The minimum absolute atomic E-state index is 0.000933. The predicted octanol–water partition coefficient (Wildman–Crippen LogP) is 3.34. The molecule has 0 radical (unpaired) electrons. The monoisotopic (exact) mass is 334 g/mol. The van der Waals surface area contributed by atoms with Crippen LogP contribution in [0.3, 0.4) is 0 Å². The molecule has 1 amide bonds. The minimum atomic E-state index is -0.209. The van der Waals surface area contributed by atoms with E-state index in [9.17, 15) is 4.79 Å². The van der Waals surface area contributed by atoms with Crippen molar-refractivity contribution in [2.45, 2.75) is 20.8 Å². The van der Waals surface area contributed by atoms with Gasteiger partial charge in [0.15, 0.2) is 5.13 Å². The Labute approximate surface area is 140 Å². The molecule has 1 aromatic heterocycles. The van der Waals surface area contributed by atoms with E-state index in [1.807, 2.05) is 5.38 Å². The van der Waals surface area contributed by atoms with Crippen molar-refractivity contribution in [2.75, 3.05) is 32.2 Å². The van der Waals surface area contributed by atoms with Crippen molar-refractivity contribution >= 4 is 22.4 Å². The molecule has 0 aliphatic carbocycles. The fourth-order valence-corrected chi connectivity index (χ4v) is 2.88. The van der Waals surface area contributed by atoms with E-state index in [0.717, 1.165) is 11.3 Å². The smallest absolute Gasteiger partial charge is 0.252 e. The molecule has 0 saturated heterocycles. The highest BCUT2D eigenvalue weighted by atomic mass is 32.1. The van der Waals surface area contributed by atoms with E-state index in [-0.39, 0.29) is 12.5 Å². The number of hydrogen-bond donors (Lipinski definition) is 1. The summed E-state index contributed by atoms with van der Waals surface area (Å²) in [5.41, 5.74) is 5.66. The second kappa shape index (κ2) is 8.19. The van der Waals surface area contributed by atoms with Crippen LogP contribution in [-0.2, 0) is 14.3 Å². The third-order valence-corrected chi connectivity index (χ3v) is 4.29. The van der Waals surface area contributed by atoms with E-state index >= 15 is 0 Å². The molecule has 0 fully saturated rings. The van der Waals surface area contributed by atoms with Crippen LogP contribution in [0.5, 0.6) is 0 Å². The Morgan fingerprint density at radius 3 is 2.65 bits per heavy atom. The van der Waals surface area contributed by atoms with Gasteiger partial charge in [0.25, 0.3) is 5.91 Å². The van der Waals surface area contributed by atoms with Crippen LogP contribution < -0.4 is 5.32 Å². The van der Waals surface area contributed by atoms with Crippen LogP contribution in [0.2, 0.25) is 0 Å². The van der Waals surface area contributed by atoms with Gasteiger partial charge >= 0.3 is 0 Å². The lowest BCUT2D eigenvalue weighted by atomic mass is 9.99. The Hall–Kier alpha value is -1.76. The molecule has 1 N–H and O–H groups in total. The van der Waals surface area contributed by atoms with Gasteiger partial charge < -0.3 is 9.47 Å². The molecule has 0 aliphatic rings. The van der Waals surface area contributed by atoms with Crippen molar-refractivity contribution in [2.24, 2.45) is 0 Å². The van der Waals surface area contributed by atoms with Gasteiger partial charge in [-0.1, -0.05) is 6.07 Å². The topological polar surface area (TPSA) is 60.5 Å². The van der Waals surface area contributed by atoms with Gasteiger partial charge in [0.2, 0.25) is 0 Å². The summed E-state index contributed by atoms with van der Waals surface area (Å²) in [4.78, 5) is 16.3. The quantitative estimate of drug-likeness (QED) is 0.789. The molecule has 2 rings (SSSR count). The lowest BCUT2D eigenvalue weighted by molar-refractivity contribution is -0.121. The predicted molar refractivity (Wildman–Crippen MR) is 93.1 cm³/mol. The first-order valence-electron chi connectivity index (χ1n) is 7.41. The van der Waals surface area contributed by atoms with E-state index < -0.39 is 0 Å². The van der Waals surface area contributed by atoms with Gasteiger partial charge in [-0.3, -0.25) is 10.1 Å². The first-order chi connectivity index (χ1) is 11.0. The van der Waals surface area contributed by atoms with Crippen molar-refractivity contribution in [3.8, 4) is 11.3 Å². The molecule has 6 heteroatoms. The summed E-state index contributed by atoms with van der Waals surface area (Å²) in [6.45, 7) is 7.13. The van der Waals surface area contributed by atoms with Crippen molar-refractivity contribution in [3.05, 3.63) is 34.2 Å². The first kappa shape index (κ1) is 17.6. The maximum Gasteiger partial charge on any atom is 0.252 e. The lowest BCUT2D eigenvalue weighted by Crippen LogP contribution is -2.19. The van der Waals surface area contributed by atoms with E-state index in [1.165, 1.54) is 28.0 Å². The fourth-order valence-electron chi connectivity index (χ4n) is 2.15. The van der Waals surface area contributed by atoms with Crippen molar-refractivity contribution < 1.29 is 14.3 Å². The van der Waals surface area contributed by atoms with E-state index in [2.05, 4.69) is 43.2 Å². The largest absolute Gasteiger partial charge is 0.382 e. The number of anilines is 1. The average molecular weight is 334 g/mol. The molecule has 23 heavy (non-hydrogen) atoms. The highest BCUT2D eigenvalue weighted by Crippen LogP contribution is 2.29. The number of aryl methyl sites for hydroxylation is 3. The zero-order valence-corrected chi connectivity index (χ0v) is 14.8. The molecule has 1 heterocycles. The number of carbonyl (C=O) groups excluding carboxylic acids is 1. The Morgan fingerprint density at radius 1 is 1.17 bits per heavy atom. The summed E-state index contributed by atoms with van der Waals surface area (Å²) in [5.74, 6) is -0.209. The maximum absolute atomic E-state index is 11.8. The van der Waals surface area contributed by atoms with E-state index in [1.54, 1.807) is 7.11 Å². The highest BCUT2D eigenvalue weighted by molar-refractivity contribution is 7.14. The number of hydrogen-bond acceptors (Lipinski definition) is 5. The highest BCUT2D eigenvalue weighted by Gasteiger charge is 2.11. The number of rotatable bonds is 7. The molecule has 0 aliphatic heterocycles. The lowest BCUT2D eigenvalue weighted by Gasteiger charge is -2.07. The van der Waals surface area contributed by atoms with Gasteiger partial charge in [-0.25, -0.2) is 4.98 Å². The average Bonchev–Trinajstić information content (AvgIpc) is 2.95. The number of carbonyl (C=O) groups is 1. The molecule has 124 valence electrons. The van der Waals surface area contributed by atoms with Gasteiger partial charge in [0, 0.05) is 18.1 Å². The fraction of sp³-hybridized carbons (Fsp3) is 0.412. The van der Waals surface area contributed by atoms with Crippen molar-refractivity contribution in [1.82, 2.24) is 4.98 Å². The summed E-state index contributed by atoms with van der Waals surface area (Å²) in [6.07, 6.45) is 0. The molecular formula is C17H22N2O3S. The van der Waals surface area contributed by atoms with Gasteiger partial charge in [-0.15, -0.1) is 11.3 Å². The van der Waals surface area contributed by atoms with Crippen LogP contribution in [-0.4, -0.2) is 37.8 Å². The zero-order valence-electron chi connectivity index (χ0n) is 13.9. The molecule has 0 saturated carbocycles. The van der Waals surface area contributed by atoms with Gasteiger partial charge in [0.1, 0.15) is 6.61 Å². The SMILES string of the molecule is COCCOCC(=O)Nc1nc(-c2cc(C)c(C)cc2C)cs1. The minimum Gasteiger partial charge on any atom is -0.382 e. The number of amides is 1. The molecule has 2 aromatic rings. The number of ether oxygens (including phenoxy) is 2. The number of aromatic nitrogens is 1. The first-order valence-corrected chi connectivity index (χ1v) is 8.29. The number of benzene rings is 1. The standard InChI is InChI=1S/C17H22N2O3S/c1-11-7-13(3)14(8-12(11)2)15-10-23-17(18-15)19-16(20)9-22-6-5-21-4/h7-8,10H,5-6,9H2,1-4H3,(H,18,19,20). The van der Waals surface area contributed by atoms with Crippen molar-refractivity contribution in [1.29, 1.82) is 0 Å². The number of methoxy groups -OCH3 is 1. The molecule has 0 unspecified atom stereocenters. The van der Waals surface area contributed by atoms with Crippen LogP contribution in [0.1, 0.15) is 16.7 Å². The van der Waals surface area contributed by atoms with Gasteiger partial charge in [0.05, 0.1) is 18.9 Å². The molecule has 0 atom stereocenters. The second-order valence-electron chi connectivity index (χ2n) is 5.38. The molecular weight excluding hydrogens is 312 g/mol.